The second-order valence-corrected chi connectivity index (χ2v) is 4.03. The molecule has 0 aliphatic carbocycles. The predicted octanol–water partition coefficient (Wildman–Crippen LogP) is 1.12. The highest BCUT2D eigenvalue weighted by Gasteiger charge is 2.12. The van der Waals surface area contributed by atoms with Gasteiger partial charge in [0.25, 0.3) is 0 Å². The monoisotopic (exact) mass is 257 g/mol. The summed E-state index contributed by atoms with van der Waals surface area (Å²) < 4.78 is 5.19. The van der Waals surface area contributed by atoms with E-state index in [9.17, 15) is 4.79 Å². The Kier molecular flexibility index (Phi) is 11.5. The maximum Gasteiger partial charge on any atom is 0.149 e. The van der Waals surface area contributed by atoms with E-state index < -0.39 is 0 Å². The standard InChI is InChI=1S/C11H23N5O2/c12-6-2-1-4-10(13)11(17)5-3-8-18-9-7-15-16-14/h10H,1-9,12-13H2/t10-/m0/s1. The van der Waals surface area contributed by atoms with Gasteiger partial charge in [0.15, 0.2) is 0 Å². The third-order valence-corrected chi connectivity index (χ3v) is 2.49. The molecule has 0 aromatic rings. The number of ketones is 1. The topological polar surface area (TPSA) is 127 Å². The van der Waals surface area contributed by atoms with Crippen LogP contribution in [0.25, 0.3) is 10.4 Å². The SMILES string of the molecule is [N-]=[N+]=NCCOCCCC(=O)[C@@H](N)CCCCN. The third-order valence-electron chi connectivity index (χ3n) is 2.49. The van der Waals surface area contributed by atoms with Crippen molar-refractivity contribution in [1.29, 1.82) is 0 Å². The van der Waals surface area contributed by atoms with E-state index in [4.69, 9.17) is 21.7 Å². The van der Waals surface area contributed by atoms with E-state index in [0.29, 0.717) is 45.6 Å². The Morgan fingerprint density at radius 3 is 2.78 bits per heavy atom. The molecular weight excluding hydrogens is 234 g/mol. The quantitative estimate of drug-likeness (QED) is 0.235. The summed E-state index contributed by atoms with van der Waals surface area (Å²) in [6.45, 7) is 1.84. The molecule has 0 aliphatic heterocycles. The molecule has 0 radical (unpaired) electrons. The average molecular weight is 257 g/mol. The molecule has 0 aromatic carbocycles. The number of carbonyl (C=O) groups is 1. The highest BCUT2D eigenvalue weighted by atomic mass is 16.5. The fourth-order valence-electron chi connectivity index (χ4n) is 1.46. The molecule has 7 nitrogen and oxygen atoms in total. The smallest absolute Gasteiger partial charge is 0.149 e. The molecule has 4 N–H and O–H groups in total. The number of Topliss-reactive ketones (excluding diaryl/α,β-unsaturated/α-hetero) is 1. The number of nitrogens with zero attached hydrogens (tertiary/aromatic N) is 3. The molecule has 0 saturated heterocycles. The van der Waals surface area contributed by atoms with Crippen LogP contribution in [0.1, 0.15) is 32.1 Å². The van der Waals surface area contributed by atoms with E-state index in [0.717, 1.165) is 12.8 Å². The molecule has 18 heavy (non-hydrogen) atoms. The van der Waals surface area contributed by atoms with Crippen LogP contribution >= 0.6 is 0 Å². The number of hydrogen-bond donors (Lipinski definition) is 2. The summed E-state index contributed by atoms with van der Waals surface area (Å²) in [5, 5.41) is 3.33. The molecule has 0 fully saturated rings. The van der Waals surface area contributed by atoms with Gasteiger partial charge in [-0.3, -0.25) is 4.79 Å². The van der Waals surface area contributed by atoms with E-state index in [-0.39, 0.29) is 11.8 Å². The average Bonchev–Trinajstić information content (AvgIpc) is 2.37. The Morgan fingerprint density at radius 1 is 1.33 bits per heavy atom. The molecule has 0 unspecified atom stereocenters. The Morgan fingerprint density at radius 2 is 2.11 bits per heavy atom. The molecule has 0 spiro atoms. The van der Waals surface area contributed by atoms with Gasteiger partial charge in [0.05, 0.1) is 12.6 Å². The molecule has 7 heteroatoms. The van der Waals surface area contributed by atoms with Crippen LogP contribution in [0.5, 0.6) is 0 Å². The van der Waals surface area contributed by atoms with E-state index in [2.05, 4.69) is 10.0 Å². The van der Waals surface area contributed by atoms with Crippen LogP contribution < -0.4 is 11.5 Å². The van der Waals surface area contributed by atoms with Crippen LogP contribution in [0.15, 0.2) is 5.11 Å². The number of rotatable bonds is 12. The summed E-state index contributed by atoms with van der Waals surface area (Å²) in [6.07, 6.45) is 3.59. The van der Waals surface area contributed by atoms with Crippen molar-refractivity contribution >= 4 is 5.78 Å². The second-order valence-electron chi connectivity index (χ2n) is 4.03. The molecule has 0 amide bonds. The number of carbonyl (C=O) groups excluding carboxylic acids is 1. The van der Waals surface area contributed by atoms with Crippen LogP contribution in [0.3, 0.4) is 0 Å². The summed E-state index contributed by atoms with van der Waals surface area (Å²) in [6, 6.07) is -0.375. The molecule has 1 atom stereocenters. The normalized spacial score (nSPS) is 11.9. The zero-order valence-electron chi connectivity index (χ0n) is 10.8. The summed E-state index contributed by atoms with van der Waals surface area (Å²) in [7, 11) is 0. The van der Waals surface area contributed by atoms with Crippen molar-refractivity contribution in [2.45, 2.75) is 38.1 Å². The van der Waals surface area contributed by atoms with Crippen LogP contribution in [0, 0.1) is 0 Å². The molecule has 0 bridgehead atoms. The molecule has 0 aromatic heterocycles. The second kappa shape index (κ2) is 12.3. The third kappa shape index (κ3) is 10.0. The lowest BCUT2D eigenvalue weighted by molar-refractivity contribution is -0.120. The highest BCUT2D eigenvalue weighted by molar-refractivity contribution is 5.83. The fourth-order valence-corrected chi connectivity index (χ4v) is 1.46. The van der Waals surface area contributed by atoms with Crippen molar-refractivity contribution in [2.24, 2.45) is 16.6 Å². The molecule has 104 valence electrons. The summed E-state index contributed by atoms with van der Waals surface area (Å²) in [5.74, 6) is 0.0747. The lowest BCUT2D eigenvalue weighted by atomic mass is 10.0. The number of hydrogen-bond acceptors (Lipinski definition) is 5. The van der Waals surface area contributed by atoms with Gasteiger partial charge in [0.1, 0.15) is 5.78 Å². The molecular formula is C11H23N5O2. The summed E-state index contributed by atoms with van der Waals surface area (Å²) in [4.78, 5) is 14.2. The van der Waals surface area contributed by atoms with Gasteiger partial charge in [0.2, 0.25) is 0 Å². The first-order chi connectivity index (χ1) is 8.72. The Bertz CT molecular complexity index is 266. The van der Waals surface area contributed by atoms with E-state index in [1.807, 2.05) is 0 Å². The number of azide groups is 1. The first-order valence-corrected chi connectivity index (χ1v) is 6.29. The Balaban J connectivity index is 3.42. The maximum atomic E-state index is 11.6. The van der Waals surface area contributed by atoms with E-state index in [1.165, 1.54) is 0 Å². The van der Waals surface area contributed by atoms with Gasteiger partial charge >= 0.3 is 0 Å². The first-order valence-electron chi connectivity index (χ1n) is 6.29. The number of nitrogens with two attached hydrogens (primary N) is 2. The van der Waals surface area contributed by atoms with E-state index in [1.54, 1.807) is 0 Å². The van der Waals surface area contributed by atoms with Crippen LogP contribution in [0.2, 0.25) is 0 Å². The Labute approximate surface area is 107 Å². The zero-order valence-corrected chi connectivity index (χ0v) is 10.8. The Hall–Kier alpha value is -1.14. The van der Waals surface area contributed by atoms with Gasteiger partial charge < -0.3 is 16.2 Å². The summed E-state index contributed by atoms with van der Waals surface area (Å²) in [5.41, 5.74) is 19.1. The van der Waals surface area contributed by atoms with Gasteiger partial charge in [-0.25, -0.2) is 0 Å². The zero-order chi connectivity index (χ0) is 13.6. The maximum absolute atomic E-state index is 11.6. The van der Waals surface area contributed by atoms with Crippen LogP contribution in [-0.4, -0.2) is 38.1 Å². The fraction of sp³-hybridized carbons (Fsp3) is 0.909. The lowest BCUT2D eigenvalue weighted by Crippen LogP contribution is -2.30. The van der Waals surface area contributed by atoms with Crippen molar-refractivity contribution in [3.8, 4) is 0 Å². The highest BCUT2D eigenvalue weighted by Crippen LogP contribution is 2.03. The van der Waals surface area contributed by atoms with Crippen molar-refractivity contribution in [2.75, 3.05) is 26.3 Å². The summed E-state index contributed by atoms with van der Waals surface area (Å²) >= 11 is 0. The van der Waals surface area contributed by atoms with Gasteiger partial charge in [0, 0.05) is 24.5 Å². The molecule has 0 heterocycles. The van der Waals surface area contributed by atoms with E-state index >= 15 is 0 Å². The minimum atomic E-state index is -0.375. The van der Waals surface area contributed by atoms with Crippen molar-refractivity contribution in [3.63, 3.8) is 0 Å². The minimum Gasteiger partial charge on any atom is -0.381 e. The first kappa shape index (κ1) is 16.9. The lowest BCUT2D eigenvalue weighted by Gasteiger charge is -2.10. The van der Waals surface area contributed by atoms with Gasteiger partial charge in [-0.1, -0.05) is 11.5 Å². The predicted molar refractivity (Wildman–Crippen MR) is 70.0 cm³/mol. The van der Waals surface area contributed by atoms with Crippen LogP contribution in [0.4, 0.5) is 0 Å². The molecule has 0 aliphatic rings. The van der Waals surface area contributed by atoms with Crippen molar-refractivity contribution < 1.29 is 9.53 Å². The van der Waals surface area contributed by atoms with Gasteiger partial charge in [-0.2, -0.15) is 0 Å². The number of ether oxygens (including phenoxy) is 1. The van der Waals surface area contributed by atoms with Crippen molar-refractivity contribution in [3.05, 3.63) is 10.4 Å². The van der Waals surface area contributed by atoms with Crippen molar-refractivity contribution in [1.82, 2.24) is 0 Å². The molecule has 0 rings (SSSR count). The number of unbranched alkanes of at least 4 members (excludes halogenated alkanes) is 1. The van der Waals surface area contributed by atoms with Gasteiger partial charge in [-0.15, -0.1) is 0 Å². The largest absolute Gasteiger partial charge is 0.381 e. The molecule has 0 saturated carbocycles. The minimum absolute atomic E-state index is 0.0747. The van der Waals surface area contributed by atoms with Crippen LogP contribution in [-0.2, 0) is 9.53 Å². The van der Waals surface area contributed by atoms with Gasteiger partial charge in [-0.05, 0) is 31.3 Å².